The molecule has 1 unspecified atom stereocenters. The zero-order valence-corrected chi connectivity index (χ0v) is 11.7. The van der Waals surface area contributed by atoms with E-state index < -0.39 is 0 Å². The summed E-state index contributed by atoms with van der Waals surface area (Å²) in [5.74, 6) is 0.426. The molecular weight excluding hydrogens is 226 g/mol. The van der Waals surface area contributed by atoms with Crippen LogP contribution in [-0.2, 0) is 0 Å². The fraction of sp³-hybridized carbons (Fsp3) is 0.571. The topological polar surface area (TPSA) is 54.0 Å². The molecule has 0 radical (unpaired) electrons. The fourth-order valence-electron chi connectivity index (χ4n) is 1.85. The predicted molar refractivity (Wildman–Crippen MR) is 74.8 cm³/mol. The minimum Gasteiger partial charge on any atom is -0.382 e. The van der Waals surface area contributed by atoms with Gasteiger partial charge >= 0.3 is 0 Å². The molecule has 1 amide bonds. The summed E-state index contributed by atoms with van der Waals surface area (Å²) in [7, 11) is 0. The van der Waals surface area contributed by atoms with Gasteiger partial charge in [0.2, 0.25) is 0 Å². The molecule has 1 aromatic heterocycles. The molecule has 0 aliphatic carbocycles. The van der Waals surface area contributed by atoms with Crippen molar-refractivity contribution in [1.29, 1.82) is 0 Å². The quantitative estimate of drug-likeness (QED) is 0.815. The zero-order valence-electron chi connectivity index (χ0n) is 11.7. The maximum atomic E-state index is 11.7. The largest absolute Gasteiger partial charge is 0.382 e. The summed E-state index contributed by atoms with van der Waals surface area (Å²) >= 11 is 0. The van der Waals surface area contributed by atoms with Crippen LogP contribution in [0.2, 0.25) is 0 Å². The van der Waals surface area contributed by atoms with Gasteiger partial charge in [-0.1, -0.05) is 20.8 Å². The van der Waals surface area contributed by atoms with Gasteiger partial charge in [0, 0.05) is 24.5 Å². The first kappa shape index (κ1) is 14.5. The van der Waals surface area contributed by atoms with Crippen LogP contribution in [0.5, 0.6) is 0 Å². The number of pyridine rings is 1. The first-order chi connectivity index (χ1) is 8.58. The monoisotopic (exact) mass is 249 g/mol. The first-order valence-corrected chi connectivity index (χ1v) is 6.59. The number of nitrogens with zero attached hydrogens (tertiary/aromatic N) is 1. The van der Waals surface area contributed by atoms with Crippen molar-refractivity contribution < 1.29 is 4.79 Å². The minimum absolute atomic E-state index is 0.126. The van der Waals surface area contributed by atoms with E-state index in [4.69, 9.17) is 0 Å². The molecule has 2 N–H and O–H groups in total. The highest BCUT2D eigenvalue weighted by molar-refractivity contribution is 5.93. The number of carbonyl (C=O) groups is 1. The lowest BCUT2D eigenvalue weighted by atomic mass is 10.0. The van der Waals surface area contributed by atoms with E-state index in [1.807, 2.05) is 13.0 Å². The van der Waals surface area contributed by atoms with Crippen molar-refractivity contribution in [3.05, 3.63) is 24.0 Å². The van der Waals surface area contributed by atoms with E-state index >= 15 is 0 Å². The number of carbonyl (C=O) groups excluding carboxylic acids is 1. The Bertz CT molecular complexity index is 390. The number of nitrogens with one attached hydrogen (secondary N) is 2. The predicted octanol–water partition coefficient (Wildman–Crippen LogP) is 2.68. The maximum Gasteiger partial charge on any atom is 0.269 e. The van der Waals surface area contributed by atoms with E-state index in [9.17, 15) is 4.79 Å². The second-order valence-electron chi connectivity index (χ2n) is 4.69. The molecule has 0 saturated heterocycles. The van der Waals surface area contributed by atoms with Gasteiger partial charge in [0.25, 0.3) is 5.91 Å². The lowest BCUT2D eigenvalue weighted by molar-refractivity contribution is 0.0951. The van der Waals surface area contributed by atoms with Gasteiger partial charge in [-0.25, -0.2) is 0 Å². The van der Waals surface area contributed by atoms with Gasteiger partial charge in [-0.15, -0.1) is 0 Å². The van der Waals surface area contributed by atoms with Gasteiger partial charge in [-0.3, -0.25) is 9.78 Å². The minimum atomic E-state index is -0.126. The standard InChI is InChI=1S/C14H23N3O/c1-5-12(10(3)4)17-11-7-8-16-13(9-11)14(18)15-6-2/h7-10,12H,5-6H2,1-4H3,(H,15,18)(H,16,17). The van der Waals surface area contributed by atoms with Crippen LogP contribution in [-0.4, -0.2) is 23.5 Å². The van der Waals surface area contributed by atoms with Crippen LogP contribution < -0.4 is 10.6 Å². The SMILES string of the molecule is CCNC(=O)c1cc(NC(CC)C(C)C)ccn1. The van der Waals surface area contributed by atoms with Crippen molar-refractivity contribution in [3.8, 4) is 0 Å². The summed E-state index contributed by atoms with van der Waals surface area (Å²) in [5.41, 5.74) is 1.41. The second-order valence-corrected chi connectivity index (χ2v) is 4.69. The third-order valence-electron chi connectivity index (χ3n) is 2.93. The Morgan fingerprint density at radius 2 is 2.11 bits per heavy atom. The molecule has 0 aliphatic heterocycles. The lowest BCUT2D eigenvalue weighted by Crippen LogP contribution is -2.26. The Morgan fingerprint density at radius 1 is 1.39 bits per heavy atom. The molecule has 0 bridgehead atoms. The van der Waals surface area contributed by atoms with Crippen LogP contribution >= 0.6 is 0 Å². The molecule has 1 heterocycles. The van der Waals surface area contributed by atoms with Crippen LogP contribution in [0.4, 0.5) is 5.69 Å². The normalized spacial score (nSPS) is 12.3. The summed E-state index contributed by atoms with van der Waals surface area (Å²) in [6, 6.07) is 4.11. The van der Waals surface area contributed by atoms with Gasteiger partial charge in [-0.2, -0.15) is 0 Å². The average Bonchev–Trinajstić information content (AvgIpc) is 2.36. The molecule has 1 rings (SSSR count). The van der Waals surface area contributed by atoms with E-state index in [0.29, 0.717) is 24.2 Å². The van der Waals surface area contributed by atoms with E-state index in [-0.39, 0.29) is 5.91 Å². The molecule has 0 saturated carbocycles. The highest BCUT2D eigenvalue weighted by Crippen LogP contribution is 2.15. The molecule has 4 heteroatoms. The summed E-state index contributed by atoms with van der Waals surface area (Å²) in [6.07, 6.45) is 2.72. The lowest BCUT2D eigenvalue weighted by Gasteiger charge is -2.22. The van der Waals surface area contributed by atoms with Crippen molar-refractivity contribution in [2.24, 2.45) is 5.92 Å². The highest BCUT2D eigenvalue weighted by atomic mass is 16.1. The third kappa shape index (κ3) is 4.02. The number of anilines is 1. The number of hydrogen-bond acceptors (Lipinski definition) is 3. The Kier molecular flexibility index (Phi) is 5.62. The Morgan fingerprint density at radius 3 is 2.67 bits per heavy atom. The average molecular weight is 249 g/mol. The van der Waals surface area contributed by atoms with Crippen LogP contribution in [0.3, 0.4) is 0 Å². The zero-order chi connectivity index (χ0) is 13.5. The highest BCUT2D eigenvalue weighted by Gasteiger charge is 2.12. The second kappa shape index (κ2) is 6.99. The summed E-state index contributed by atoms with van der Waals surface area (Å²) in [6.45, 7) is 9.04. The molecule has 0 aliphatic rings. The van der Waals surface area contributed by atoms with Crippen LogP contribution in [0.15, 0.2) is 18.3 Å². The number of aromatic nitrogens is 1. The Labute approximate surface area is 109 Å². The first-order valence-electron chi connectivity index (χ1n) is 6.59. The molecular formula is C14H23N3O. The maximum absolute atomic E-state index is 11.7. The van der Waals surface area contributed by atoms with E-state index in [0.717, 1.165) is 12.1 Å². The third-order valence-corrected chi connectivity index (χ3v) is 2.93. The summed E-state index contributed by atoms with van der Waals surface area (Å²) < 4.78 is 0. The van der Waals surface area contributed by atoms with Gasteiger partial charge in [0.1, 0.15) is 5.69 Å². The van der Waals surface area contributed by atoms with E-state index in [1.165, 1.54) is 0 Å². The van der Waals surface area contributed by atoms with Crippen molar-refractivity contribution in [2.75, 3.05) is 11.9 Å². The van der Waals surface area contributed by atoms with Gasteiger partial charge < -0.3 is 10.6 Å². The number of rotatable bonds is 6. The Hall–Kier alpha value is -1.58. The Balaban J connectivity index is 2.78. The molecule has 0 fully saturated rings. The van der Waals surface area contributed by atoms with Crippen LogP contribution in [0, 0.1) is 5.92 Å². The molecule has 1 atom stereocenters. The number of amides is 1. The summed E-state index contributed by atoms with van der Waals surface area (Å²) in [5, 5.41) is 6.20. The smallest absolute Gasteiger partial charge is 0.269 e. The molecule has 4 nitrogen and oxygen atoms in total. The van der Waals surface area contributed by atoms with Crippen LogP contribution in [0.25, 0.3) is 0 Å². The van der Waals surface area contributed by atoms with E-state index in [2.05, 4.69) is 36.4 Å². The van der Waals surface area contributed by atoms with Gasteiger partial charge in [0.15, 0.2) is 0 Å². The molecule has 0 aromatic carbocycles. The fourth-order valence-corrected chi connectivity index (χ4v) is 1.85. The van der Waals surface area contributed by atoms with Crippen LogP contribution in [0.1, 0.15) is 44.6 Å². The molecule has 1 aromatic rings. The van der Waals surface area contributed by atoms with Crippen molar-refractivity contribution in [1.82, 2.24) is 10.3 Å². The van der Waals surface area contributed by atoms with Crippen molar-refractivity contribution in [3.63, 3.8) is 0 Å². The molecule has 18 heavy (non-hydrogen) atoms. The summed E-state index contributed by atoms with van der Waals surface area (Å²) in [4.78, 5) is 15.8. The van der Waals surface area contributed by atoms with Gasteiger partial charge in [0.05, 0.1) is 0 Å². The van der Waals surface area contributed by atoms with Crippen molar-refractivity contribution in [2.45, 2.75) is 40.2 Å². The van der Waals surface area contributed by atoms with Crippen molar-refractivity contribution >= 4 is 11.6 Å². The molecule has 100 valence electrons. The van der Waals surface area contributed by atoms with E-state index in [1.54, 1.807) is 12.3 Å². The molecule has 0 spiro atoms. The number of hydrogen-bond donors (Lipinski definition) is 2. The van der Waals surface area contributed by atoms with Gasteiger partial charge in [-0.05, 0) is 31.4 Å².